The van der Waals surface area contributed by atoms with Crippen LogP contribution in [0.15, 0.2) is 36.4 Å². The molecule has 1 aromatic heterocycles. The summed E-state index contributed by atoms with van der Waals surface area (Å²) in [6, 6.07) is 8.60. The zero-order valence-corrected chi connectivity index (χ0v) is 16.4. The molecule has 1 amide bonds. The van der Waals surface area contributed by atoms with E-state index in [0.717, 1.165) is 23.4 Å². The van der Waals surface area contributed by atoms with Gasteiger partial charge >= 0.3 is 0 Å². The van der Waals surface area contributed by atoms with Crippen molar-refractivity contribution in [1.29, 1.82) is 0 Å². The van der Waals surface area contributed by atoms with Crippen molar-refractivity contribution in [1.82, 2.24) is 9.88 Å². The standard InChI is InChI=1S/C19H18ClF2N3OS/c1-24(2)9-4-10-25(18(26)17-13(21)5-3-6-14(17)22)19-23-15-8-7-12(20)11-16(15)27-19/h3,5-8,11H,4,9-10H2,1-2H3. The molecule has 0 N–H and O–H groups in total. The van der Waals surface area contributed by atoms with Crippen LogP contribution in [0, 0.1) is 11.6 Å². The monoisotopic (exact) mass is 409 g/mol. The molecule has 27 heavy (non-hydrogen) atoms. The highest BCUT2D eigenvalue weighted by molar-refractivity contribution is 7.22. The number of hydrogen-bond acceptors (Lipinski definition) is 4. The molecule has 0 aliphatic heterocycles. The third-order valence-electron chi connectivity index (χ3n) is 3.98. The Balaban J connectivity index is 2.00. The lowest BCUT2D eigenvalue weighted by Crippen LogP contribution is -2.34. The number of anilines is 1. The topological polar surface area (TPSA) is 36.4 Å². The van der Waals surface area contributed by atoms with Gasteiger partial charge in [-0.3, -0.25) is 9.69 Å². The first-order chi connectivity index (χ1) is 12.9. The second kappa shape index (κ2) is 8.29. The number of halogens is 3. The molecule has 4 nitrogen and oxygen atoms in total. The first-order valence-corrected chi connectivity index (χ1v) is 9.53. The predicted molar refractivity (Wildman–Crippen MR) is 106 cm³/mol. The molecule has 0 unspecified atom stereocenters. The molecular weight excluding hydrogens is 392 g/mol. The zero-order valence-electron chi connectivity index (χ0n) is 14.9. The average Bonchev–Trinajstić information content (AvgIpc) is 3.00. The first-order valence-electron chi connectivity index (χ1n) is 8.33. The minimum atomic E-state index is -0.887. The van der Waals surface area contributed by atoms with Gasteiger partial charge in [0.25, 0.3) is 5.91 Å². The Labute approximate surface area is 165 Å². The Hall–Kier alpha value is -2.09. The Bertz CT molecular complexity index is 956. The van der Waals surface area contributed by atoms with E-state index in [1.807, 2.05) is 19.0 Å². The van der Waals surface area contributed by atoms with Crippen LogP contribution in [0.2, 0.25) is 5.02 Å². The van der Waals surface area contributed by atoms with E-state index in [2.05, 4.69) is 4.98 Å². The van der Waals surface area contributed by atoms with Gasteiger partial charge in [0.2, 0.25) is 0 Å². The molecule has 0 fully saturated rings. The number of rotatable bonds is 6. The third kappa shape index (κ3) is 4.43. The SMILES string of the molecule is CN(C)CCCN(C(=O)c1c(F)cccc1F)c1nc2ccc(Cl)cc2s1. The van der Waals surface area contributed by atoms with E-state index >= 15 is 0 Å². The van der Waals surface area contributed by atoms with Crippen molar-refractivity contribution in [3.63, 3.8) is 0 Å². The Morgan fingerprint density at radius 3 is 2.52 bits per heavy atom. The lowest BCUT2D eigenvalue weighted by Gasteiger charge is -2.21. The number of aromatic nitrogens is 1. The van der Waals surface area contributed by atoms with Crippen LogP contribution in [-0.2, 0) is 0 Å². The fraction of sp³-hybridized carbons (Fsp3) is 0.263. The van der Waals surface area contributed by atoms with Gasteiger partial charge in [0.05, 0.1) is 10.2 Å². The van der Waals surface area contributed by atoms with Crippen LogP contribution in [0.3, 0.4) is 0 Å². The molecule has 0 saturated carbocycles. The molecule has 8 heteroatoms. The van der Waals surface area contributed by atoms with Gasteiger partial charge in [0, 0.05) is 11.6 Å². The van der Waals surface area contributed by atoms with Crippen LogP contribution >= 0.6 is 22.9 Å². The van der Waals surface area contributed by atoms with Crippen molar-refractivity contribution in [3.05, 3.63) is 58.6 Å². The normalized spacial score (nSPS) is 11.3. The molecule has 142 valence electrons. The van der Waals surface area contributed by atoms with Gasteiger partial charge in [0.15, 0.2) is 5.13 Å². The quantitative estimate of drug-likeness (QED) is 0.585. The van der Waals surface area contributed by atoms with Crippen LogP contribution in [-0.4, -0.2) is 43.0 Å². The summed E-state index contributed by atoms with van der Waals surface area (Å²) in [5, 5.41) is 0.946. The smallest absolute Gasteiger partial charge is 0.266 e. The Morgan fingerprint density at radius 2 is 1.85 bits per heavy atom. The lowest BCUT2D eigenvalue weighted by molar-refractivity contribution is 0.0978. The van der Waals surface area contributed by atoms with Gasteiger partial charge in [-0.05, 0) is 57.4 Å². The number of nitrogens with zero attached hydrogens (tertiary/aromatic N) is 3. The molecule has 1 heterocycles. The van der Waals surface area contributed by atoms with E-state index in [1.54, 1.807) is 18.2 Å². The average molecular weight is 410 g/mol. The number of carbonyl (C=O) groups is 1. The number of carbonyl (C=O) groups excluding carboxylic acids is 1. The number of thiazole rings is 1. The highest BCUT2D eigenvalue weighted by Gasteiger charge is 2.26. The van der Waals surface area contributed by atoms with Crippen molar-refractivity contribution in [3.8, 4) is 0 Å². The maximum Gasteiger partial charge on any atom is 0.266 e. The molecule has 0 aliphatic carbocycles. The highest BCUT2D eigenvalue weighted by Crippen LogP contribution is 2.32. The summed E-state index contributed by atoms with van der Waals surface area (Å²) in [7, 11) is 3.84. The maximum atomic E-state index is 14.2. The van der Waals surface area contributed by atoms with E-state index in [-0.39, 0.29) is 0 Å². The zero-order chi connectivity index (χ0) is 19.6. The molecule has 0 spiro atoms. The van der Waals surface area contributed by atoms with Crippen LogP contribution in [0.5, 0.6) is 0 Å². The highest BCUT2D eigenvalue weighted by atomic mass is 35.5. The van der Waals surface area contributed by atoms with Crippen molar-refractivity contribution in [2.24, 2.45) is 0 Å². The second-order valence-electron chi connectivity index (χ2n) is 6.32. The molecule has 0 saturated heterocycles. The van der Waals surface area contributed by atoms with Crippen LogP contribution < -0.4 is 4.90 Å². The van der Waals surface area contributed by atoms with Crippen LogP contribution in [0.1, 0.15) is 16.8 Å². The summed E-state index contributed by atoms with van der Waals surface area (Å²) < 4.78 is 29.1. The summed E-state index contributed by atoms with van der Waals surface area (Å²) in [4.78, 5) is 20.8. The van der Waals surface area contributed by atoms with Crippen molar-refractivity contribution < 1.29 is 13.6 Å². The number of benzene rings is 2. The van der Waals surface area contributed by atoms with E-state index in [9.17, 15) is 13.6 Å². The fourth-order valence-corrected chi connectivity index (χ4v) is 3.93. The van der Waals surface area contributed by atoms with E-state index < -0.39 is 23.1 Å². The molecular formula is C19H18ClF2N3OS. The third-order valence-corrected chi connectivity index (χ3v) is 5.26. The van der Waals surface area contributed by atoms with Gasteiger partial charge in [-0.25, -0.2) is 13.8 Å². The van der Waals surface area contributed by atoms with E-state index in [1.165, 1.54) is 22.3 Å². The van der Waals surface area contributed by atoms with E-state index in [4.69, 9.17) is 11.6 Å². The van der Waals surface area contributed by atoms with Gasteiger partial charge in [0.1, 0.15) is 17.2 Å². The van der Waals surface area contributed by atoms with E-state index in [0.29, 0.717) is 28.6 Å². The molecule has 0 radical (unpaired) electrons. The molecule has 2 aromatic carbocycles. The second-order valence-corrected chi connectivity index (χ2v) is 7.76. The minimum Gasteiger partial charge on any atom is -0.309 e. The summed E-state index contributed by atoms with van der Waals surface area (Å²) in [6.07, 6.45) is 0.630. The molecule has 0 aliphatic rings. The fourth-order valence-electron chi connectivity index (χ4n) is 2.67. The van der Waals surface area contributed by atoms with Crippen molar-refractivity contribution >= 4 is 44.2 Å². The largest absolute Gasteiger partial charge is 0.309 e. The van der Waals surface area contributed by atoms with Crippen LogP contribution in [0.4, 0.5) is 13.9 Å². The first kappa shape index (κ1) is 19.7. The summed E-state index contributed by atoms with van der Waals surface area (Å²) >= 11 is 7.28. The van der Waals surface area contributed by atoms with Crippen LogP contribution in [0.25, 0.3) is 10.2 Å². The number of amides is 1. The van der Waals surface area contributed by atoms with Crippen molar-refractivity contribution in [2.45, 2.75) is 6.42 Å². The minimum absolute atomic E-state index is 0.290. The Kier molecular flexibility index (Phi) is 6.04. The van der Waals surface area contributed by atoms with Gasteiger partial charge in [-0.15, -0.1) is 0 Å². The summed E-state index contributed by atoms with van der Waals surface area (Å²) in [5.74, 6) is -2.52. The molecule has 3 rings (SSSR count). The van der Waals surface area contributed by atoms with Gasteiger partial charge in [-0.1, -0.05) is 29.0 Å². The molecule has 0 atom stereocenters. The molecule has 3 aromatic rings. The summed E-state index contributed by atoms with van der Waals surface area (Å²) in [5.41, 5.74) is 0.110. The van der Waals surface area contributed by atoms with Gasteiger partial charge in [-0.2, -0.15) is 0 Å². The van der Waals surface area contributed by atoms with Crippen molar-refractivity contribution in [2.75, 3.05) is 32.1 Å². The summed E-state index contributed by atoms with van der Waals surface area (Å²) in [6.45, 7) is 1.01. The Morgan fingerprint density at radius 1 is 1.15 bits per heavy atom. The predicted octanol–water partition coefficient (Wildman–Crippen LogP) is 4.83. The number of fused-ring (bicyclic) bond motifs is 1. The number of hydrogen-bond donors (Lipinski definition) is 0. The van der Waals surface area contributed by atoms with Gasteiger partial charge < -0.3 is 4.90 Å². The lowest BCUT2D eigenvalue weighted by atomic mass is 10.1. The maximum absolute atomic E-state index is 14.2. The molecule has 0 bridgehead atoms.